The second-order valence-electron chi connectivity index (χ2n) is 6.52. The Morgan fingerprint density at radius 3 is 2.24 bits per heavy atom. The van der Waals surface area contributed by atoms with Gasteiger partial charge in [0.05, 0.1) is 0 Å². The van der Waals surface area contributed by atoms with Gasteiger partial charge in [-0.3, -0.25) is 5.14 Å². The highest BCUT2D eigenvalue weighted by Gasteiger charge is 2.16. The van der Waals surface area contributed by atoms with Crippen LogP contribution in [-0.2, 0) is 0 Å². The van der Waals surface area contributed by atoms with E-state index in [1.165, 1.54) is 49.6 Å². The summed E-state index contributed by atoms with van der Waals surface area (Å²) in [5.41, 5.74) is 3.32. The standard InChI is InChI=1S/C20H21N3OS/c21-25-18-12-10-16(11-13-18)19-22-20(24-23-19)17-8-6-15(7-9-17)14-4-2-1-3-5-14/h6-14H,1-5,21H2. The van der Waals surface area contributed by atoms with Gasteiger partial charge in [-0.1, -0.05) is 36.6 Å². The quantitative estimate of drug-likeness (QED) is 0.636. The molecule has 1 fully saturated rings. The second-order valence-corrected chi connectivity index (χ2v) is 7.23. The minimum absolute atomic E-state index is 0.558. The van der Waals surface area contributed by atoms with Gasteiger partial charge in [0.15, 0.2) is 0 Å². The fraction of sp³-hybridized carbons (Fsp3) is 0.300. The van der Waals surface area contributed by atoms with E-state index in [4.69, 9.17) is 9.66 Å². The van der Waals surface area contributed by atoms with E-state index in [0.29, 0.717) is 17.6 Å². The zero-order chi connectivity index (χ0) is 17.1. The molecule has 0 saturated heterocycles. The highest BCUT2D eigenvalue weighted by molar-refractivity contribution is 7.97. The van der Waals surface area contributed by atoms with E-state index in [9.17, 15) is 0 Å². The molecule has 3 aromatic rings. The summed E-state index contributed by atoms with van der Waals surface area (Å²) in [6.45, 7) is 0. The van der Waals surface area contributed by atoms with Gasteiger partial charge in [0.25, 0.3) is 5.89 Å². The first kappa shape index (κ1) is 16.4. The molecule has 4 rings (SSSR count). The number of nitrogens with zero attached hydrogens (tertiary/aromatic N) is 2. The summed E-state index contributed by atoms with van der Waals surface area (Å²) in [5.74, 6) is 1.86. The second kappa shape index (κ2) is 7.42. The average Bonchev–Trinajstić information content (AvgIpc) is 3.19. The van der Waals surface area contributed by atoms with Crippen LogP contribution in [0.1, 0.15) is 43.6 Å². The van der Waals surface area contributed by atoms with Gasteiger partial charge in [-0.05, 0) is 72.7 Å². The summed E-state index contributed by atoms with van der Waals surface area (Å²) in [6.07, 6.45) is 6.69. The molecular formula is C20H21N3OS. The predicted molar refractivity (Wildman–Crippen MR) is 101 cm³/mol. The van der Waals surface area contributed by atoms with Crippen molar-refractivity contribution in [2.45, 2.75) is 42.9 Å². The first-order chi connectivity index (χ1) is 12.3. The van der Waals surface area contributed by atoms with Crippen molar-refractivity contribution in [2.24, 2.45) is 5.14 Å². The monoisotopic (exact) mass is 351 g/mol. The van der Waals surface area contributed by atoms with E-state index in [-0.39, 0.29) is 0 Å². The fourth-order valence-corrected chi connectivity index (χ4v) is 3.77. The normalized spacial score (nSPS) is 15.4. The Kier molecular flexibility index (Phi) is 4.85. The van der Waals surface area contributed by atoms with Crippen LogP contribution in [0, 0.1) is 0 Å². The molecule has 1 aliphatic rings. The van der Waals surface area contributed by atoms with Gasteiger partial charge in [-0.15, -0.1) is 0 Å². The van der Waals surface area contributed by atoms with Crippen LogP contribution >= 0.6 is 11.9 Å². The minimum Gasteiger partial charge on any atom is -0.334 e. The Morgan fingerprint density at radius 1 is 0.880 bits per heavy atom. The molecule has 1 aromatic heterocycles. The van der Waals surface area contributed by atoms with Crippen LogP contribution in [0.3, 0.4) is 0 Å². The van der Waals surface area contributed by atoms with Gasteiger partial charge in [0.1, 0.15) is 0 Å². The van der Waals surface area contributed by atoms with Crippen LogP contribution in [0.15, 0.2) is 57.9 Å². The molecule has 0 atom stereocenters. The maximum absolute atomic E-state index is 5.55. The molecule has 128 valence electrons. The largest absolute Gasteiger partial charge is 0.334 e. The van der Waals surface area contributed by atoms with Crippen LogP contribution in [0.4, 0.5) is 0 Å². The molecule has 25 heavy (non-hydrogen) atoms. The SMILES string of the molecule is NSc1ccc(-c2noc(-c3ccc(C4CCCCC4)cc3)n2)cc1. The third-order valence-corrected chi connectivity index (χ3v) is 5.45. The van der Waals surface area contributed by atoms with E-state index in [1.54, 1.807) is 0 Å². The Labute approximate surface area is 152 Å². The number of aromatic nitrogens is 2. The lowest BCUT2D eigenvalue weighted by Gasteiger charge is -2.21. The molecule has 5 heteroatoms. The number of hydrogen-bond donors (Lipinski definition) is 1. The Balaban J connectivity index is 1.53. The van der Waals surface area contributed by atoms with Crippen molar-refractivity contribution in [1.82, 2.24) is 10.1 Å². The molecule has 0 radical (unpaired) electrons. The van der Waals surface area contributed by atoms with E-state index in [1.807, 2.05) is 24.3 Å². The van der Waals surface area contributed by atoms with Crippen molar-refractivity contribution >= 4 is 11.9 Å². The van der Waals surface area contributed by atoms with Crippen molar-refractivity contribution < 1.29 is 4.52 Å². The van der Waals surface area contributed by atoms with Crippen molar-refractivity contribution in [1.29, 1.82) is 0 Å². The first-order valence-electron chi connectivity index (χ1n) is 8.75. The number of rotatable bonds is 4. The van der Waals surface area contributed by atoms with Gasteiger partial charge in [-0.25, -0.2) is 0 Å². The van der Waals surface area contributed by atoms with Crippen LogP contribution in [-0.4, -0.2) is 10.1 Å². The number of nitrogens with two attached hydrogens (primary N) is 1. The smallest absolute Gasteiger partial charge is 0.258 e. The van der Waals surface area contributed by atoms with Gasteiger partial charge in [-0.2, -0.15) is 4.98 Å². The molecule has 2 aromatic carbocycles. The molecule has 1 heterocycles. The molecule has 1 saturated carbocycles. The maximum atomic E-state index is 5.55. The summed E-state index contributed by atoms with van der Waals surface area (Å²) >= 11 is 1.22. The summed E-state index contributed by atoms with van der Waals surface area (Å²) in [4.78, 5) is 5.54. The predicted octanol–water partition coefficient (Wildman–Crippen LogP) is 5.42. The van der Waals surface area contributed by atoms with Crippen LogP contribution in [0.2, 0.25) is 0 Å². The topological polar surface area (TPSA) is 64.9 Å². The lowest BCUT2D eigenvalue weighted by Crippen LogP contribution is -2.04. The molecule has 0 amide bonds. The molecule has 2 N–H and O–H groups in total. The van der Waals surface area contributed by atoms with Crippen molar-refractivity contribution in [3.63, 3.8) is 0 Å². The number of hydrogen-bond acceptors (Lipinski definition) is 5. The van der Waals surface area contributed by atoms with Gasteiger partial charge in [0, 0.05) is 16.0 Å². The van der Waals surface area contributed by atoms with Crippen LogP contribution < -0.4 is 5.14 Å². The Hall–Kier alpha value is -2.11. The van der Waals surface area contributed by atoms with E-state index >= 15 is 0 Å². The molecule has 0 bridgehead atoms. The van der Waals surface area contributed by atoms with E-state index in [0.717, 1.165) is 16.0 Å². The molecule has 0 spiro atoms. The van der Waals surface area contributed by atoms with Crippen LogP contribution in [0.5, 0.6) is 0 Å². The lowest BCUT2D eigenvalue weighted by atomic mass is 9.84. The molecule has 4 nitrogen and oxygen atoms in total. The fourth-order valence-electron chi connectivity index (χ4n) is 3.47. The summed E-state index contributed by atoms with van der Waals surface area (Å²) in [7, 11) is 0. The first-order valence-corrected chi connectivity index (χ1v) is 9.62. The average molecular weight is 351 g/mol. The Morgan fingerprint density at radius 2 is 1.56 bits per heavy atom. The highest BCUT2D eigenvalue weighted by Crippen LogP contribution is 2.33. The number of benzene rings is 2. The molecule has 0 aliphatic heterocycles. The minimum atomic E-state index is 0.558. The third kappa shape index (κ3) is 3.62. The van der Waals surface area contributed by atoms with Gasteiger partial charge >= 0.3 is 0 Å². The van der Waals surface area contributed by atoms with Crippen molar-refractivity contribution in [2.75, 3.05) is 0 Å². The lowest BCUT2D eigenvalue weighted by molar-refractivity contribution is 0.432. The van der Waals surface area contributed by atoms with E-state index in [2.05, 4.69) is 34.4 Å². The van der Waals surface area contributed by atoms with Gasteiger partial charge in [0.2, 0.25) is 5.82 Å². The summed E-state index contributed by atoms with van der Waals surface area (Å²) < 4.78 is 5.46. The molecule has 0 unspecified atom stereocenters. The zero-order valence-electron chi connectivity index (χ0n) is 14.0. The summed E-state index contributed by atoms with van der Waals surface area (Å²) in [6, 6.07) is 16.4. The zero-order valence-corrected chi connectivity index (χ0v) is 14.8. The van der Waals surface area contributed by atoms with Gasteiger partial charge < -0.3 is 4.52 Å². The van der Waals surface area contributed by atoms with E-state index < -0.39 is 0 Å². The highest BCUT2D eigenvalue weighted by atomic mass is 32.2. The maximum Gasteiger partial charge on any atom is 0.258 e. The third-order valence-electron chi connectivity index (χ3n) is 4.91. The van der Waals surface area contributed by atoms with Crippen molar-refractivity contribution in [3.05, 3.63) is 54.1 Å². The molecular weight excluding hydrogens is 330 g/mol. The molecule has 1 aliphatic carbocycles. The summed E-state index contributed by atoms with van der Waals surface area (Å²) in [5, 5.41) is 9.66. The van der Waals surface area contributed by atoms with Crippen LogP contribution in [0.25, 0.3) is 22.8 Å². The Bertz CT molecular complexity index is 821. The van der Waals surface area contributed by atoms with Crippen molar-refractivity contribution in [3.8, 4) is 22.8 Å².